The molecule has 0 unspecified atom stereocenters. The Bertz CT molecular complexity index is 524. The number of rotatable bonds is 5. The smallest absolute Gasteiger partial charge is 0.204 e. The van der Waals surface area contributed by atoms with Crippen molar-refractivity contribution in [3.05, 3.63) is 24.3 Å². The van der Waals surface area contributed by atoms with Gasteiger partial charge in [-0.2, -0.15) is 5.10 Å². The maximum absolute atomic E-state index is 5.29. The summed E-state index contributed by atoms with van der Waals surface area (Å²) in [5, 5.41) is 10.4. The molecule has 0 saturated heterocycles. The molecule has 0 radical (unpaired) electrons. The number of aryl methyl sites for hydroxylation is 1. The van der Waals surface area contributed by atoms with Crippen molar-refractivity contribution in [2.24, 2.45) is 7.05 Å². The molecular weight excluding hydrogens is 232 g/mol. The van der Waals surface area contributed by atoms with Gasteiger partial charge in [-0.3, -0.25) is 4.68 Å². The zero-order valence-electron chi connectivity index (χ0n) is 10.6. The Hall–Kier alpha value is -2.31. The number of methoxy groups -OCH3 is 1. The van der Waals surface area contributed by atoms with E-state index >= 15 is 0 Å². The molecule has 2 aromatic rings. The van der Waals surface area contributed by atoms with Gasteiger partial charge in [0.25, 0.3) is 0 Å². The second-order valence-corrected chi connectivity index (χ2v) is 3.69. The number of aromatic nitrogens is 4. The average molecular weight is 248 g/mol. The van der Waals surface area contributed by atoms with Crippen molar-refractivity contribution in [1.82, 2.24) is 19.7 Å². The van der Waals surface area contributed by atoms with Gasteiger partial charge in [0.1, 0.15) is 6.33 Å². The normalized spacial score (nSPS) is 10.2. The summed E-state index contributed by atoms with van der Waals surface area (Å²) in [4.78, 5) is 8.24. The summed E-state index contributed by atoms with van der Waals surface area (Å²) < 4.78 is 7.04. The second-order valence-electron chi connectivity index (χ2n) is 3.69. The Labute approximate surface area is 105 Å². The van der Waals surface area contributed by atoms with Crippen LogP contribution in [0.15, 0.2) is 18.6 Å². The third-order valence-electron chi connectivity index (χ3n) is 2.45. The summed E-state index contributed by atoms with van der Waals surface area (Å²) in [6.45, 7) is 0.581. The fourth-order valence-corrected chi connectivity index (χ4v) is 1.60. The molecule has 0 aliphatic heterocycles. The highest BCUT2D eigenvalue weighted by Crippen LogP contribution is 2.28. The van der Waals surface area contributed by atoms with Gasteiger partial charge in [0.05, 0.1) is 19.3 Å². The minimum absolute atomic E-state index is 0.581. The van der Waals surface area contributed by atoms with Crippen LogP contribution in [0.3, 0.4) is 0 Å². The first-order valence-electron chi connectivity index (χ1n) is 5.53. The summed E-state index contributed by atoms with van der Waals surface area (Å²) in [5.74, 6) is 1.88. The number of nitrogens with zero attached hydrogens (tertiary/aromatic N) is 4. The molecule has 2 N–H and O–H groups in total. The summed E-state index contributed by atoms with van der Waals surface area (Å²) in [5.41, 5.74) is 0.934. The number of hydrogen-bond acceptors (Lipinski definition) is 6. The lowest BCUT2D eigenvalue weighted by Gasteiger charge is -2.11. The molecule has 7 nitrogen and oxygen atoms in total. The van der Waals surface area contributed by atoms with E-state index in [9.17, 15) is 0 Å². The Morgan fingerprint density at radius 1 is 1.33 bits per heavy atom. The van der Waals surface area contributed by atoms with Crippen LogP contribution in [-0.4, -0.2) is 33.9 Å². The van der Waals surface area contributed by atoms with Gasteiger partial charge < -0.3 is 15.4 Å². The standard InChI is InChI=1S/C11H16N6O/c1-12-10-9(18-3)11(15-7-14-10)13-6-8-4-5-17(2)16-8/h4-5,7H,6H2,1-3H3,(H2,12,13,14,15). The van der Waals surface area contributed by atoms with Crippen molar-refractivity contribution in [2.75, 3.05) is 24.8 Å². The molecule has 0 atom stereocenters. The summed E-state index contributed by atoms with van der Waals surface area (Å²) >= 11 is 0. The maximum atomic E-state index is 5.29. The van der Waals surface area contributed by atoms with Crippen LogP contribution in [0.5, 0.6) is 5.75 Å². The lowest BCUT2D eigenvalue weighted by atomic mass is 10.4. The first-order valence-corrected chi connectivity index (χ1v) is 5.53. The van der Waals surface area contributed by atoms with Gasteiger partial charge in [0.2, 0.25) is 5.75 Å². The minimum atomic E-state index is 0.581. The van der Waals surface area contributed by atoms with Crippen molar-refractivity contribution >= 4 is 11.6 Å². The molecule has 0 amide bonds. The molecular formula is C11H16N6O. The molecule has 0 bridgehead atoms. The van der Waals surface area contributed by atoms with Crippen LogP contribution < -0.4 is 15.4 Å². The van der Waals surface area contributed by atoms with Crippen LogP contribution in [0.4, 0.5) is 11.6 Å². The Kier molecular flexibility index (Phi) is 3.61. The molecule has 0 aliphatic carbocycles. The van der Waals surface area contributed by atoms with E-state index in [2.05, 4.69) is 25.7 Å². The van der Waals surface area contributed by atoms with E-state index in [4.69, 9.17) is 4.74 Å². The first kappa shape index (κ1) is 12.2. The van der Waals surface area contributed by atoms with Gasteiger partial charge in [-0.15, -0.1) is 0 Å². The third kappa shape index (κ3) is 2.50. The predicted octanol–water partition coefficient (Wildman–Crippen LogP) is 0.873. The van der Waals surface area contributed by atoms with Crippen molar-refractivity contribution < 1.29 is 4.74 Å². The zero-order chi connectivity index (χ0) is 13.0. The molecule has 0 spiro atoms. The minimum Gasteiger partial charge on any atom is -0.490 e. The van der Waals surface area contributed by atoms with Gasteiger partial charge in [0.15, 0.2) is 11.6 Å². The highest BCUT2D eigenvalue weighted by molar-refractivity contribution is 5.63. The van der Waals surface area contributed by atoms with Crippen LogP contribution in [-0.2, 0) is 13.6 Å². The Morgan fingerprint density at radius 2 is 2.11 bits per heavy atom. The first-order chi connectivity index (χ1) is 8.74. The molecule has 2 aromatic heterocycles. The van der Waals surface area contributed by atoms with Crippen LogP contribution in [0.1, 0.15) is 5.69 Å². The lowest BCUT2D eigenvalue weighted by molar-refractivity contribution is 0.415. The lowest BCUT2D eigenvalue weighted by Crippen LogP contribution is -2.07. The molecule has 0 aliphatic rings. The van der Waals surface area contributed by atoms with Crippen LogP contribution in [0, 0.1) is 0 Å². The molecule has 0 aromatic carbocycles. The SMILES string of the molecule is CNc1ncnc(NCc2ccn(C)n2)c1OC. The summed E-state index contributed by atoms with van der Waals surface area (Å²) in [7, 11) is 5.26. The summed E-state index contributed by atoms with van der Waals surface area (Å²) in [6.07, 6.45) is 3.38. The monoisotopic (exact) mass is 248 g/mol. The van der Waals surface area contributed by atoms with E-state index in [0.29, 0.717) is 23.9 Å². The van der Waals surface area contributed by atoms with Gasteiger partial charge in [-0.25, -0.2) is 9.97 Å². The second kappa shape index (κ2) is 5.35. The van der Waals surface area contributed by atoms with Crippen LogP contribution >= 0.6 is 0 Å². The molecule has 18 heavy (non-hydrogen) atoms. The van der Waals surface area contributed by atoms with Crippen molar-refractivity contribution in [3.8, 4) is 5.75 Å². The largest absolute Gasteiger partial charge is 0.490 e. The van der Waals surface area contributed by atoms with Crippen molar-refractivity contribution in [2.45, 2.75) is 6.54 Å². The Balaban J connectivity index is 2.13. The van der Waals surface area contributed by atoms with Gasteiger partial charge in [-0.1, -0.05) is 0 Å². The fourth-order valence-electron chi connectivity index (χ4n) is 1.60. The van der Waals surface area contributed by atoms with Crippen molar-refractivity contribution in [1.29, 1.82) is 0 Å². The molecule has 2 rings (SSSR count). The molecule has 96 valence electrons. The van der Waals surface area contributed by atoms with E-state index < -0.39 is 0 Å². The predicted molar refractivity (Wildman–Crippen MR) is 68.7 cm³/mol. The number of nitrogens with one attached hydrogen (secondary N) is 2. The Morgan fingerprint density at radius 3 is 2.72 bits per heavy atom. The van der Waals surface area contributed by atoms with Gasteiger partial charge >= 0.3 is 0 Å². The zero-order valence-corrected chi connectivity index (χ0v) is 10.6. The van der Waals surface area contributed by atoms with Gasteiger partial charge in [0, 0.05) is 20.3 Å². The van der Waals surface area contributed by atoms with Crippen LogP contribution in [0.2, 0.25) is 0 Å². The maximum Gasteiger partial charge on any atom is 0.204 e. The molecule has 7 heteroatoms. The molecule has 2 heterocycles. The average Bonchev–Trinajstić information content (AvgIpc) is 2.81. The van der Waals surface area contributed by atoms with Crippen LogP contribution in [0.25, 0.3) is 0 Å². The number of anilines is 2. The molecule has 0 fully saturated rings. The third-order valence-corrected chi connectivity index (χ3v) is 2.45. The topological polar surface area (TPSA) is 76.9 Å². The molecule has 0 saturated carbocycles. The van der Waals surface area contributed by atoms with E-state index in [1.165, 1.54) is 6.33 Å². The summed E-state index contributed by atoms with van der Waals surface area (Å²) in [6, 6.07) is 1.94. The quantitative estimate of drug-likeness (QED) is 0.817. The van der Waals surface area contributed by atoms with E-state index in [0.717, 1.165) is 5.69 Å². The highest BCUT2D eigenvalue weighted by atomic mass is 16.5. The fraction of sp³-hybridized carbons (Fsp3) is 0.364. The van der Waals surface area contributed by atoms with Gasteiger partial charge in [-0.05, 0) is 6.07 Å². The van der Waals surface area contributed by atoms with E-state index in [1.807, 2.05) is 19.3 Å². The van der Waals surface area contributed by atoms with E-state index in [1.54, 1.807) is 18.8 Å². The highest BCUT2D eigenvalue weighted by Gasteiger charge is 2.10. The number of ether oxygens (including phenoxy) is 1. The van der Waals surface area contributed by atoms with Crippen molar-refractivity contribution in [3.63, 3.8) is 0 Å². The van der Waals surface area contributed by atoms with E-state index in [-0.39, 0.29) is 0 Å². The number of hydrogen-bond donors (Lipinski definition) is 2.